The molecule has 0 aromatic heterocycles. The van der Waals surface area contributed by atoms with Gasteiger partial charge in [0, 0.05) is 12.5 Å². The van der Waals surface area contributed by atoms with E-state index in [2.05, 4.69) is 29.6 Å². The number of hydrogen-bond acceptors (Lipinski definition) is 2. The Kier molecular flexibility index (Phi) is 6.64. The summed E-state index contributed by atoms with van der Waals surface area (Å²) in [6.07, 6.45) is 4.05. The average molecular weight is 365 g/mol. The molecular formula is C23H27NO3. The van der Waals surface area contributed by atoms with Crippen molar-refractivity contribution in [1.82, 2.24) is 5.32 Å². The Balaban J connectivity index is 1.60. The lowest BCUT2D eigenvalue weighted by Gasteiger charge is -2.27. The van der Waals surface area contributed by atoms with Gasteiger partial charge in [-0.2, -0.15) is 0 Å². The summed E-state index contributed by atoms with van der Waals surface area (Å²) < 4.78 is 0. The highest BCUT2D eigenvalue weighted by Gasteiger charge is 2.27. The minimum Gasteiger partial charge on any atom is -0.481 e. The first-order valence-electron chi connectivity index (χ1n) is 9.73. The van der Waals surface area contributed by atoms with Gasteiger partial charge in [-0.25, -0.2) is 0 Å². The Hall–Kier alpha value is -2.62. The summed E-state index contributed by atoms with van der Waals surface area (Å²) in [4.78, 5) is 23.7. The van der Waals surface area contributed by atoms with Gasteiger partial charge in [-0.15, -0.1) is 0 Å². The number of carbonyl (C=O) groups excluding carboxylic acids is 1. The molecule has 0 spiro atoms. The normalized spacial score (nSPS) is 20.6. The summed E-state index contributed by atoms with van der Waals surface area (Å²) >= 11 is 0. The van der Waals surface area contributed by atoms with E-state index in [0.717, 1.165) is 19.3 Å². The largest absolute Gasteiger partial charge is 0.481 e. The van der Waals surface area contributed by atoms with Crippen LogP contribution >= 0.6 is 0 Å². The topological polar surface area (TPSA) is 66.4 Å². The van der Waals surface area contributed by atoms with E-state index in [-0.39, 0.29) is 23.8 Å². The Bertz CT molecular complexity index is 737. The second kappa shape index (κ2) is 9.36. The predicted molar refractivity (Wildman–Crippen MR) is 105 cm³/mol. The minimum absolute atomic E-state index is 0.0542. The average Bonchev–Trinajstić information content (AvgIpc) is 2.69. The fraction of sp³-hybridized carbons (Fsp3) is 0.391. The summed E-state index contributed by atoms with van der Waals surface area (Å²) in [5.41, 5.74) is 2.40. The Morgan fingerprint density at radius 2 is 1.52 bits per heavy atom. The van der Waals surface area contributed by atoms with Gasteiger partial charge in [0.15, 0.2) is 0 Å². The standard InChI is InChI=1S/C23H27NO3/c25-22(24-21-13-11-19(12-14-21)23(26)27)16-20(18-9-5-2-6-10-18)15-17-7-3-1-4-8-17/h1-10,19-21H,11-16H2,(H,24,25)(H,26,27). The van der Waals surface area contributed by atoms with E-state index in [1.165, 1.54) is 11.1 Å². The van der Waals surface area contributed by atoms with Crippen molar-refractivity contribution in [2.24, 2.45) is 5.92 Å². The second-order valence-corrected chi connectivity index (χ2v) is 7.46. The lowest BCUT2D eigenvalue weighted by molar-refractivity contribution is -0.142. The van der Waals surface area contributed by atoms with E-state index in [1.54, 1.807) is 0 Å². The van der Waals surface area contributed by atoms with Crippen molar-refractivity contribution in [3.63, 3.8) is 0 Å². The molecule has 4 heteroatoms. The van der Waals surface area contributed by atoms with Crippen LogP contribution in [0.25, 0.3) is 0 Å². The van der Waals surface area contributed by atoms with Crippen LogP contribution in [0.4, 0.5) is 0 Å². The van der Waals surface area contributed by atoms with Gasteiger partial charge in [-0.1, -0.05) is 60.7 Å². The van der Waals surface area contributed by atoms with Gasteiger partial charge in [-0.05, 0) is 49.1 Å². The third kappa shape index (κ3) is 5.68. The number of rotatable bonds is 7. The van der Waals surface area contributed by atoms with Crippen molar-refractivity contribution in [3.8, 4) is 0 Å². The summed E-state index contributed by atoms with van der Waals surface area (Å²) in [5.74, 6) is -0.789. The monoisotopic (exact) mass is 365 g/mol. The van der Waals surface area contributed by atoms with Crippen molar-refractivity contribution < 1.29 is 14.7 Å². The van der Waals surface area contributed by atoms with Crippen LogP contribution in [0.1, 0.15) is 49.1 Å². The highest BCUT2D eigenvalue weighted by molar-refractivity contribution is 5.77. The Morgan fingerprint density at radius 1 is 0.926 bits per heavy atom. The van der Waals surface area contributed by atoms with Crippen LogP contribution in [0.3, 0.4) is 0 Å². The van der Waals surface area contributed by atoms with Crippen LogP contribution in [-0.4, -0.2) is 23.0 Å². The van der Waals surface area contributed by atoms with Gasteiger partial charge in [-0.3, -0.25) is 9.59 Å². The van der Waals surface area contributed by atoms with Gasteiger partial charge in [0.2, 0.25) is 5.91 Å². The lowest BCUT2D eigenvalue weighted by Crippen LogP contribution is -2.39. The predicted octanol–water partition coefficient (Wildman–Crippen LogP) is 4.16. The van der Waals surface area contributed by atoms with Crippen molar-refractivity contribution in [2.75, 3.05) is 0 Å². The summed E-state index contributed by atoms with van der Waals surface area (Å²) in [5, 5.41) is 12.2. The molecule has 2 N–H and O–H groups in total. The second-order valence-electron chi connectivity index (χ2n) is 7.46. The molecule has 1 fully saturated rings. The zero-order chi connectivity index (χ0) is 19.1. The van der Waals surface area contributed by atoms with Crippen molar-refractivity contribution in [2.45, 2.75) is 50.5 Å². The van der Waals surface area contributed by atoms with E-state index in [1.807, 2.05) is 36.4 Å². The minimum atomic E-state index is -0.716. The summed E-state index contributed by atoms with van der Waals surface area (Å²) in [7, 11) is 0. The zero-order valence-corrected chi connectivity index (χ0v) is 15.5. The maximum atomic E-state index is 12.7. The van der Waals surface area contributed by atoms with Crippen molar-refractivity contribution in [1.29, 1.82) is 0 Å². The molecular weight excluding hydrogens is 338 g/mol. The third-order valence-corrected chi connectivity index (χ3v) is 5.47. The van der Waals surface area contributed by atoms with E-state index >= 15 is 0 Å². The first-order chi connectivity index (χ1) is 13.1. The molecule has 0 radical (unpaired) electrons. The molecule has 1 saturated carbocycles. The lowest BCUT2D eigenvalue weighted by atomic mass is 9.85. The first-order valence-corrected chi connectivity index (χ1v) is 9.73. The molecule has 2 aromatic carbocycles. The maximum absolute atomic E-state index is 12.7. The van der Waals surface area contributed by atoms with E-state index in [0.29, 0.717) is 19.3 Å². The highest BCUT2D eigenvalue weighted by atomic mass is 16.4. The molecule has 1 aliphatic carbocycles. The van der Waals surface area contributed by atoms with Gasteiger partial charge in [0.1, 0.15) is 0 Å². The molecule has 1 aliphatic rings. The molecule has 0 bridgehead atoms. The van der Waals surface area contributed by atoms with E-state index < -0.39 is 5.97 Å². The smallest absolute Gasteiger partial charge is 0.306 e. The highest BCUT2D eigenvalue weighted by Crippen LogP contribution is 2.27. The Labute approximate surface area is 160 Å². The maximum Gasteiger partial charge on any atom is 0.306 e. The number of hydrogen-bond donors (Lipinski definition) is 2. The van der Waals surface area contributed by atoms with Gasteiger partial charge in [0.05, 0.1) is 5.92 Å². The van der Waals surface area contributed by atoms with Crippen LogP contribution < -0.4 is 5.32 Å². The fourth-order valence-electron chi connectivity index (χ4n) is 3.93. The van der Waals surface area contributed by atoms with Gasteiger partial charge in [0.25, 0.3) is 0 Å². The van der Waals surface area contributed by atoms with E-state index in [4.69, 9.17) is 5.11 Å². The number of carbonyl (C=O) groups is 2. The van der Waals surface area contributed by atoms with Gasteiger partial charge < -0.3 is 10.4 Å². The third-order valence-electron chi connectivity index (χ3n) is 5.47. The van der Waals surface area contributed by atoms with Crippen LogP contribution in [0.15, 0.2) is 60.7 Å². The summed E-state index contributed by atoms with van der Waals surface area (Å²) in [6, 6.07) is 20.5. The number of benzene rings is 2. The first kappa shape index (κ1) is 19.2. The molecule has 1 unspecified atom stereocenters. The van der Waals surface area contributed by atoms with E-state index in [9.17, 15) is 9.59 Å². The molecule has 1 atom stereocenters. The van der Waals surface area contributed by atoms with Crippen LogP contribution in [0, 0.1) is 5.92 Å². The van der Waals surface area contributed by atoms with Crippen LogP contribution in [-0.2, 0) is 16.0 Å². The number of aliphatic carboxylic acids is 1. The molecule has 0 aliphatic heterocycles. The Morgan fingerprint density at radius 3 is 2.11 bits per heavy atom. The molecule has 2 aromatic rings. The van der Waals surface area contributed by atoms with Crippen LogP contribution in [0.5, 0.6) is 0 Å². The quantitative estimate of drug-likeness (QED) is 0.774. The van der Waals surface area contributed by atoms with Crippen molar-refractivity contribution >= 4 is 11.9 Å². The number of nitrogens with one attached hydrogen (secondary N) is 1. The van der Waals surface area contributed by atoms with Crippen molar-refractivity contribution in [3.05, 3.63) is 71.8 Å². The molecule has 142 valence electrons. The molecule has 0 heterocycles. The molecule has 27 heavy (non-hydrogen) atoms. The SMILES string of the molecule is O=C(CC(Cc1ccccc1)c1ccccc1)NC1CCC(C(=O)O)CC1. The number of carboxylic acids is 1. The number of amides is 1. The number of carboxylic acid groups (broad SMARTS) is 1. The summed E-state index contributed by atoms with van der Waals surface area (Å²) in [6.45, 7) is 0. The molecule has 1 amide bonds. The van der Waals surface area contributed by atoms with Gasteiger partial charge >= 0.3 is 5.97 Å². The molecule has 4 nitrogen and oxygen atoms in total. The zero-order valence-electron chi connectivity index (χ0n) is 15.5. The molecule has 0 saturated heterocycles. The fourth-order valence-corrected chi connectivity index (χ4v) is 3.93. The van der Waals surface area contributed by atoms with Crippen LogP contribution in [0.2, 0.25) is 0 Å². The molecule has 3 rings (SSSR count).